The molecule has 0 aliphatic heterocycles. The molecular weight excluding hydrogens is 192 g/mol. The van der Waals surface area contributed by atoms with Crippen molar-refractivity contribution in [3.05, 3.63) is 23.8 Å². The van der Waals surface area contributed by atoms with Gasteiger partial charge in [-0.2, -0.15) is 0 Å². The lowest BCUT2D eigenvalue weighted by molar-refractivity contribution is -0.140. The van der Waals surface area contributed by atoms with E-state index in [9.17, 15) is 4.79 Å². The summed E-state index contributed by atoms with van der Waals surface area (Å²) in [5, 5.41) is 2.98. The largest absolute Gasteiger partial charge is 0.465 e. The van der Waals surface area contributed by atoms with Gasteiger partial charge in [0.15, 0.2) is 0 Å². The summed E-state index contributed by atoms with van der Waals surface area (Å²) in [6, 6.07) is 5.53. The molecule has 1 aromatic carbocycles. The highest BCUT2D eigenvalue weighted by Gasteiger charge is 2.03. The summed E-state index contributed by atoms with van der Waals surface area (Å²) in [4.78, 5) is 11.1. The molecule has 15 heavy (non-hydrogen) atoms. The van der Waals surface area contributed by atoms with Gasteiger partial charge in [0.25, 0.3) is 0 Å². The summed E-state index contributed by atoms with van der Waals surface area (Å²) in [5.74, 6) is -0.265. The molecule has 0 bridgehead atoms. The first-order valence-corrected chi connectivity index (χ1v) is 4.89. The molecule has 0 aliphatic rings. The minimum absolute atomic E-state index is 0.165. The quantitative estimate of drug-likeness (QED) is 0.582. The van der Waals surface area contributed by atoms with Crippen LogP contribution in [0.3, 0.4) is 0 Å². The Labute approximate surface area is 89.4 Å². The van der Waals surface area contributed by atoms with Gasteiger partial charge in [0.05, 0.1) is 6.61 Å². The zero-order valence-electron chi connectivity index (χ0n) is 9.04. The van der Waals surface area contributed by atoms with E-state index in [-0.39, 0.29) is 12.5 Å². The molecule has 0 radical (unpaired) electrons. The second kappa shape index (κ2) is 5.24. The summed E-state index contributed by atoms with van der Waals surface area (Å²) in [7, 11) is 0. The predicted octanol–water partition coefficient (Wildman–Crippen LogP) is 1.55. The molecule has 0 spiro atoms. The predicted molar refractivity (Wildman–Crippen MR) is 60.7 cm³/mol. The summed E-state index contributed by atoms with van der Waals surface area (Å²) in [5.41, 5.74) is 8.22. The van der Waals surface area contributed by atoms with Crippen molar-refractivity contribution < 1.29 is 9.53 Å². The van der Waals surface area contributed by atoms with Crippen LogP contribution in [0.15, 0.2) is 18.2 Å². The number of nitrogen functional groups attached to an aromatic ring is 1. The molecule has 0 unspecified atom stereocenters. The number of carbonyl (C=O) groups excluding carboxylic acids is 1. The lowest BCUT2D eigenvalue weighted by Gasteiger charge is -2.09. The first-order valence-electron chi connectivity index (χ1n) is 4.89. The highest BCUT2D eigenvalue weighted by atomic mass is 16.5. The fraction of sp³-hybridized carbons (Fsp3) is 0.364. The topological polar surface area (TPSA) is 64.3 Å². The molecule has 0 aliphatic carbocycles. The fourth-order valence-electron chi connectivity index (χ4n) is 1.21. The monoisotopic (exact) mass is 208 g/mol. The Hall–Kier alpha value is -1.71. The highest BCUT2D eigenvalue weighted by Crippen LogP contribution is 2.17. The van der Waals surface area contributed by atoms with Crippen LogP contribution in [0.2, 0.25) is 0 Å². The second-order valence-electron chi connectivity index (χ2n) is 3.23. The number of hydrogen-bond donors (Lipinski definition) is 2. The maximum absolute atomic E-state index is 11.1. The van der Waals surface area contributed by atoms with Gasteiger partial charge in [0.1, 0.15) is 6.54 Å². The zero-order valence-corrected chi connectivity index (χ0v) is 9.04. The number of nitrogens with two attached hydrogens (primary N) is 1. The van der Waals surface area contributed by atoms with Gasteiger partial charge in [-0.25, -0.2) is 0 Å². The van der Waals surface area contributed by atoms with Gasteiger partial charge < -0.3 is 15.8 Å². The Morgan fingerprint density at radius 1 is 1.53 bits per heavy atom. The van der Waals surface area contributed by atoms with Crippen LogP contribution in [0.4, 0.5) is 11.4 Å². The van der Waals surface area contributed by atoms with E-state index in [4.69, 9.17) is 10.5 Å². The molecule has 0 aromatic heterocycles. The summed E-state index contributed by atoms with van der Waals surface area (Å²) in [6.07, 6.45) is 0. The fourth-order valence-corrected chi connectivity index (χ4v) is 1.21. The van der Waals surface area contributed by atoms with E-state index in [1.165, 1.54) is 0 Å². The maximum Gasteiger partial charge on any atom is 0.325 e. The molecule has 0 heterocycles. The molecule has 0 atom stereocenters. The number of benzene rings is 1. The first kappa shape index (κ1) is 11.4. The molecule has 0 saturated carbocycles. The van der Waals surface area contributed by atoms with Crippen molar-refractivity contribution in [1.29, 1.82) is 0 Å². The summed E-state index contributed by atoms with van der Waals surface area (Å²) in [6.45, 7) is 4.30. The third kappa shape index (κ3) is 3.50. The minimum atomic E-state index is -0.265. The first-order chi connectivity index (χ1) is 7.13. The molecule has 4 nitrogen and oxygen atoms in total. The van der Waals surface area contributed by atoms with Crippen LogP contribution >= 0.6 is 0 Å². The van der Waals surface area contributed by atoms with Crippen molar-refractivity contribution in [2.75, 3.05) is 24.2 Å². The van der Waals surface area contributed by atoms with E-state index in [2.05, 4.69) is 5.32 Å². The smallest absolute Gasteiger partial charge is 0.325 e. The Morgan fingerprint density at radius 2 is 2.27 bits per heavy atom. The summed E-state index contributed by atoms with van der Waals surface area (Å²) >= 11 is 0. The molecule has 0 saturated heterocycles. The Bertz CT molecular complexity index is 350. The second-order valence-corrected chi connectivity index (χ2v) is 3.23. The van der Waals surface area contributed by atoms with Crippen LogP contribution in [0.25, 0.3) is 0 Å². The van der Waals surface area contributed by atoms with Crippen molar-refractivity contribution in [1.82, 2.24) is 0 Å². The van der Waals surface area contributed by atoms with Gasteiger partial charge in [-0.15, -0.1) is 0 Å². The molecule has 4 heteroatoms. The van der Waals surface area contributed by atoms with E-state index in [1.807, 2.05) is 19.1 Å². The third-order valence-corrected chi connectivity index (χ3v) is 1.99. The van der Waals surface area contributed by atoms with Crippen LogP contribution < -0.4 is 11.1 Å². The van der Waals surface area contributed by atoms with Crippen molar-refractivity contribution in [3.63, 3.8) is 0 Å². The number of hydrogen-bond acceptors (Lipinski definition) is 4. The maximum atomic E-state index is 11.1. The van der Waals surface area contributed by atoms with E-state index in [1.54, 1.807) is 13.0 Å². The number of nitrogens with one attached hydrogen (secondary N) is 1. The molecule has 82 valence electrons. The number of aryl methyl sites for hydroxylation is 1. The Balaban J connectivity index is 2.57. The van der Waals surface area contributed by atoms with Crippen molar-refractivity contribution in [3.8, 4) is 0 Å². The van der Waals surface area contributed by atoms with Gasteiger partial charge in [-0.3, -0.25) is 4.79 Å². The Morgan fingerprint density at radius 3 is 2.93 bits per heavy atom. The van der Waals surface area contributed by atoms with E-state index in [0.29, 0.717) is 12.3 Å². The van der Waals surface area contributed by atoms with Crippen LogP contribution in [0.5, 0.6) is 0 Å². The molecule has 1 rings (SSSR count). The van der Waals surface area contributed by atoms with Gasteiger partial charge in [-0.1, -0.05) is 6.07 Å². The van der Waals surface area contributed by atoms with Gasteiger partial charge in [0.2, 0.25) is 0 Å². The average molecular weight is 208 g/mol. The zero-order chi connectivity index (χ0) is 11.3. The van der Waals surface area contributed by atoms with Crippen LogP contribution in [0.1, 0.15) is 12.5 Å². The highest BCUT2D eigenvalue weighted by molar-refractivity contribution is 5.75. The number of ether oxygens (including phenoxy) is 1. The SMILES string of the molecule is CCOC(=O)CNc1cc(N)ccc1C. The van der Waals surface area contributed by atoms with Crippen molar-refractivity contribution in [2.24, 2.45) is 0 Å². The van der Waals surface area contributed by atoms with E-state index >= 15 is 0 Å². The van der Waals surface area contributed by atoms with Crippen LogP contribution in [-0.2, 0) is 9.53 Å². The lowest BCUT2D eigenvalue weighted by atomic mass is 10.2. The number of rotatable bonds is 4. The Kier molecular flexibility index (Phi) is 3.97. The minimum Gasteiger partial charge on any atom is -0.465 e. The van der Waals surface area contributed by atoms with Gasteiger partial charge in [-0.05, 0) is 31.5 Å². The molecular formula is C11H16N2O2. The number of esters is 1. The molecule has 0 amide bonds. The van der Waals surface area contributed by atoms with Crippen molar-refractivity contribution in [2.45, 2.75) is 13.8 Å². The number of anilines is 2. The average Bonchev–Trinajstić information content (AvgIpc) is 2.20. The van der Waals surface area contributed by atoms with Crippen molar-refractivity contribution >= 4 is 17.3 Å². The van der Waals surface area contributed by atoms with Gasteiger partial charge in [0, 0.05) is 11.4 Å². The normalized spacial score (nSPS) is 9.73. The summed E-state index contributed by atoms with van der Waals surface area (Å²) < 4.78 is 4.80. The standard InChI is InChI=1S/C11H16N2O2/c1-3-15-11(14)7-13-10-6-9(12)5-4-8(10)2/h4-6,13H,3,7,12H2,1-2H3. The molecule has 1 aromatic rings. The van der Waals surface area contributed by atoms with E-state index in [0.717, 1.165) is 11.3 Å². The number of carbonyl (C=O) groups is 1. The van der Waals surface area contributed by atoms with E-state index < -0.39 is 0 Å². The molecule has 3 N–H and O–H groups in total. The molecule has 0 fully saturated rings. The van der Waals surface area contributed by atoms with Crippen LogP contribution in [0, 0.1) is 6.92 Å². The van der Waals surface area contributed by atoms with Gasteiger partial charge >= 0.3 is 5.97 Å². The lowest BCUT2D eigenvalue weighted by Crippen LogP contribution is -2.17. The van der Waals surface area contributed by atoms with Crippen LogP contribution in [-0.4, -0.2) is 19.1 Å². The third-order valence-electron chi connectivity index (χ3n) is 1.99.